The third-order valence-corrected chi connectivity index (χ3v) is 7.37. The molecule has 0 saturated heterocycles. The molecule has 0 nitrogen and oxygen atoms in total. The van der Waals surface area contributed by atoms with E-state index in [1.165, 1.54) is 5.39 Å². The second-order valence-electron chi connectivity index (χ2n) is 4.80. The first kappa shape index (κ1) is 10.3. The Morgan fingerprint density at radius 1 is 1.07 bits per heavy atom. The van der Waals surface area contributed by atoms with Crippen molar-refractivity contribution in [3.05, 3.63) is 33.4 Å². The quantitative estimate of drug-likeness (QED) is 0.653. The molecule has 74 valence electrons. The standard InChI is InChI=1S/C13H16Te/c1-9-10-7-5-6-8-11(10)14-12(9)13(2,3)4/h5-8H,1-4H3. The summed E-state index contributed by atoms with van der Waals surface area (Å²) in [5.41, 5.74) is 1.92. The van der Waals surface area contributed by atoms with Gasteiger partial charge in [0.15, 0.2) is 0 Å². The fourth-order valence-corrected chi connectivity index (χ4v) is 5.51. The van der Waals surface area contributed by atoms with Crippen LogP contribution in [0.1, 0.15) is 29.9 Å². The zero-order valence-electron chi connectivity index (χ0n) is 9.22. The number of aryl methyl sites for hydroxylation is 1. The van der Waals surface area contributed by atoms with Gasteiger partial charge in [-0.15, -0.1) is 0 Å². The Labute approximate surface area is 95.6 Å². The summed E-state index contributed by atoms with van der Waals surface area (Å²) in [7, 11) is 0. The monoisotopic (exact) mass is 302 g/mol. The Morgan fingerprint density at radius 3 is 2.29 bits per heavy atom. The number of hydrogen-bond acceptors (Lipinski definition) is 0. The summed E-state index contributed by atoms with van der Waals surface area (Å²) >= 11 is -0.0826. The van der Waals surface area contributed by atoms with Crippen molar-refractivity contribution in [2.24, 2.45) is 0 Å². The van der Waals surface area contributed by atoms with Crippen molar-refractivity contribution < 1.29 is 0 Å². The van der Waals surface area contributed by atoms with Crippen LogP contribution in [-0.4, -0.2) is 20.4 Å². The fourth-order valence-electron chi connectivity index (χ4n) is 1.89. The van der Waals surface area contributed by atoms with Crippen LogP contribution in [0.2, 0.25) is 0 Å². The van der Waals surface area contributed by atoms with E-state index in [1.807, 2.05) is 0 Å². The van der Waals surface area contributed by atoms with Crippen LogP contribution in [0.4, 0.5) is 0 Å². The van der Waals surface area contributed by atoms with E-state index in [4.69, 9.17) is 0 Å². The van der Waals surface area contributed by atoms with Crippen molar-refractivity contribution in [1.82, 2.24) is 0 Å². The van der Waals surface area contributed by atoms with Gasteiger partial charge in [0.1, 0.15) is 0 Å². The van der Waals surface area contributed by atoms with E-state index in [0.29, 0.717) is 5.41 Å². The second-order valence-corrected chi connectivity index (χ2v) is 7.81. The summed E-state index contributed by atoms with van der Waals surface area (Å²) in [5.74, 6) is 0. The summed E-state index contributed by atoms with van der Waals surface area (Å²) in [6.45, 7) is 9.30. The van der Waals surface area contributed by atoms with E-state index < -0.39 is 0 Å². The van der Waals surface area contributed by atoms with Gasteiger partial charge >= 0.3 is 95.7 Å². The molecular weight excluding hydrogens is 284 g/mol. The first-order valence-corrected chi connectivity index (χ1v) is 7.32. The third kappa shape index (κ3) is 1.64. The van der Waals surface area contributed by atoms with Crippen molar-refractivity contribution in [2.45, 2.75) is 33.1 Å². The molecule has 0 atom stereocenters. The Bertz CT molecular complexity index is 458. The molecule has 1 heterocycles. The molecule has 0 bridgehead atoms. The number of hydrogen-bond donors (Lipinski definition) is 0. The predicted molar refractivity (Wildman–Crippen MR) is 64.3 cm³/mol. The third-order valence-electron chi connectivity index (χ3n) is 2.52. The zero-order valence-corrected chi connectivity index (χ0v) is 11.5. The first-order valence-electron chi connectivity index (χ1n) is 4.99. The summed E-state index contributed by atoms with van der Waals surface area (Å²) in [5, 5.41) is 1.51. The van der Waals surface area contributed by atoms with Crippen molar-refractivity contribution in [3.8, 4) is 0 Å². The molecule has 0 N–H and O–H groups in total. The predicted octanol–water partition coefficient (Wildman–Crippen LogP) is 3.50. The van der Waals surface area contributed by atoms with Gasteiger partial charge in [0.2, 0.25) is 0 Å². The number of fused-ring (bicyclic) bond motifs is 1. The molecule has 0 fully saturated rings. The van der Waals surface area contributed by atoms with Crippen LogP contribution >= 0.6 is 0 Å². The van der Waals surface area contributed by atoms with Crippen molar-refractivity contribution in [1.29, 1.82) is 0 Å². The molecule has 2 rings (SSSR count). The minimum absolute atomic E-state index is 0.0826. The second kappa shape index (κ2) is 3.40. The number of rotatable bonds is 0. The van der Waals surface area contributed by atoms with Gasteiger partial charge in [-0.05, 0) is 0 Å². The molecule has 2 aromatic rings. The van der Waals surface area contributed by atoms with Crippen LogP contribution in [0.5, 0.6) is 0 Å². The van der Waals surface area contributed by atoms with Gasteiger partial charge in [0.05, 0.1) is 0 Å². The van der Waals surface area contributed by atoms with Gasteiger partial charge in [-0.1, -0.05) is 0 Å². The Kier molecular flexibility index (Phi) is 2.50. The van der Waals surface area contributed by atoms with E-state index >= 15 is 0 Å². The topological polar surface area (TPSA) is 0 Å². The van der Waals surface area contributed by atoms with Crippen LogP contribution in [0.15, 0.2) is 24.3 Å². The summed E-state index contributed by atoms with van der Waals surface area (Å²) in [6.07, 6.45) is 0. The maximum absolute atomic E-state index is 2.34. The average molecular weight is 300 g/mol. The van der Waals surface area contributed by atoms with E-state index in [2.05, 4.69) is 52.0 Å². The van der Waals surface area contributed by atoms with Gasteiger partial charge in [0, 0.05) is 0 Å². The van der Waals surface area contributed by atoms with E-state index in [0.717, 1.165) is 0 Å². The average Bonchev–Trinajstić information content (AvgIpc) is 2.44. The van der Waals surface area contributed by atoms with Gasteiger partial charge in [-0.25, -0.2) is 0 Å². The zero-order chi connectivity index (χ0) is 10.3. The van der Waals surface area contributed by atoms with Crippen molar-refractivity contribution >= 4 is 29.2 Å². The molecule has 0 unspecified atom stereocenters. The molecule has 0 spiro atoms. The molecule has 1 aromatic heterocycles. The molecule has 1 aromatic carbocycles. The molecule has 0 aliphatic carbocycles. The van der Waals surface area contributed by atoms with Crippen LogP contribution in [0, 0.1) is 6.92 Å². The van der Waals surface area contributed by atoms with Crippen LogP contribution in [0.25, 0.3) is 8.79 Å². The van der Waals surface area contributed by atoms with Crippen LogP contribution < -0.4 is 0 Å². The maximum atomic E-state index is 2.34. The van der Waals surface area contributed by atoms with Gasteiger partial charge < -0.3 is 0 Å². The molecule has 0 radical (unpaired) electrons. The molecular formula is C13H16Te. The number of benzene rings is 1. The van der Waals surface area contributed by atoms with Crippen LogP contribution in [-0.2, 0) is 5.41 Å². The molecule has 0 aliphatic heterocycles. The minimum atomic E-state index is -0.0826. The molecule has 0 amide bonds. The van der Waals surface area contributed by atoms with Gasteiger partial charge in [-0.3, -0.25) is 0 Å². The SMILES string of the molecule is Cc1c(C(C)(C)C)[te]c2ccccc12. The Hall–Kier alpha value is -0.250. The Balaban J connectivity index is 2.75. The first-order chi connectivity index (χ1) is 6.50. The normalized spacial score (nSPS) is 12.3. The van der Waals surface area contributed by atoms with Crippen molar-refractivity contribution in [3.63, 3.8) is 0 Å². The summed E-state index contributed by atoms with van der Waals surface area (Å²) < 4.78 is 3.35. The molecule has 14 heavy (non-hydrogen) atoms. The molecule has 1 heteroatoms. The van der Waals surface area contributed by atoms with Gasteiger partial charge in [0.25, 0.3) is 0 Å². The van der Waals surface area contributed by atoms with E-state index in [-0.39, 0.29) is 20.4 Å². The fraction of sp³-hybridized carbons (Fsp3) is 0.385. The Morgan fingerprint density at radius 2 is 1.71 bits per heavy atom. The molecule has 0 aliphatic rings. The van der Waals surface area contributed by atoms with Crippen molar-refractivity contribution in [2.75, 3.05) is 0 Å². The van der Waals surface area contributed by atoms with E-state index in [1.54, 1.807) is 12.5 Å². The summed E-state index contributed by atoms with van der Waals surface area (Å²) in [4.78, 5) is 0. The van der Waals surface area contributed by atoms with Gasteiger partial charge in [-0.2, -0.15) is 0 Å². The molecule has 0 saturated carbocycles. The summed E-state index contributed by atoms with van der Waals surface area (Å²) in [6, 6.07) is 8.90. The van der Waals surface area contributed by atoms with Crippen LogP contribution in [0.3, 0.4) is 0 Å². The van der Waals surface area contributed by atoms with E-state index in [9.17, 15) is 0 Å².